The van der Waals surface area contributed by atoms with Gasteiger partial charge in [-0.15, -0.1) is 0 Å². The molecule has 1 aliphatic heterocycles. The molecule has 8 nitrogen and oxygen atoms in total. The number of benzene rings is 1. The van der Waals surface area contributed by atoms with Gasteiger partial charge in [-0.1, -0.05) is 30.1 Å². The van der Waals surface area contributed by atoms with Gasteiger partial charge in [-0.25, -0.2) is 4.79 Å². The summed E-state index contributed by atoms with van der Waals surface area (Å²) in [5, 5.41) is 21.1. The maximum atomic E-state index is 12.5. The molecule has 154 valence electrons. The van der Waals surface area contributed by atoms with E-state index < -0.39 is 11.9 Å². The SMILES string of the molecule is O=C(CCN1C(=O)/C(=C\C=C\c2ccco2)SC1=S)Nc1ccc(O)cc1C(=O)O. The monoisotopic (exact) mass is 444 g/mol. The average molecular weight is 444 g/mol. The minimum Gasteiger partial charge on any atom is -0.508 e. The number of phenols is 1. The largest absolute Gasteiger partial charge is 0.508 e. The summed E-state index contributed by atoms with van der Waals surface area (Å²) in [5.74, 6) is -1.66. The van der Waals surface area contributed by atoms with E-state index in [2.05, 4.69) is 5.32 Å². The number of aromatic carboxylic acids is 1. The van der Waals surface area contributed by atoms with E-state index in [0.29, 0.717) is 15.0 Å². The Morgan fingerprint density at radius 2 is 2.10 bits per heavy atom. The van der Waals surface area contributed by atoms with Crippen molar-refractivity contribution in [2.45, 2.75) is 6.42 Å². The van der Waals surface area contributed by atoms with E-state index >= 15 is 0 Å². The van der Waals surface area contributed by atoms with Gasteiger partial charge in [0.05, 0.1) is 22.4 Å². The molecular weight excluding hydrogens is 428 g/mol. The number of carboxylic acid groups (broad SMARTS) is 1. The van der Waals surface area contributed by atoms with Gasteiger partial charge in [-0.3, -0.25) is 14.5 Å². The molecule has 3 rings (SSSR count). The number of nitrogens with zero attached hydrogens (tertiary/aromatic N) is 1. The molecule has 3 N–H and O–H groups in total. The van der Waals surface area contributed by atoms with Crippen LogP contribution in [0.3, 0.4) is 0 Å². The Balaban J connectivity index is 1.59. The average Bonchev–Trinajstić information content (AvgIpc) is 3.30. The van der Waals surface area contributed by atoms with Crippen LogP contribution in [0.5, 0.6) is 5.75 Å². The number of carbonyl (C=O) groups is 3. The lowest BCUT2D eigenvalue weighted by molar-refractivity contribution is -0.122. The number of hydrogen-bond donors (Lipinski definition) is 3. The summed E-state index contributed by atoms with van der Waals surface area (Å²) in [5.41, 5.74) is -0.182. The minimum atomic E-state index is -1.29. The predicted molar refractivity (Wildman–Crippen MR) is 116 cm³/mol. The number of aromatic hydroxyl groups is 1. The van der Waals surface area contributed by atoms with Crippen molar-refractivity contribution in [3.63, 3.8) is 0 Å². The van der Waals surface area contributed by atoms with Crippen molar-refractivity contribution in [2.75, 3.05) is 11.9 Å². The van der Waals surface area contributed by atoms with Gasteiger partial charge in [-0.05, 0) is 42.5 Å². The summed E-state index contributed by atoms with van der Waals surface area (Å²) in [6.07, 6.45) is 6.47. The second-order valence-corrected chi connectivity index (χ2v) is 7.74. The lowest BCUT2D eigenvalue weighted by Crippen LogP contribution is -2.31. The number of nitrogens with one attached hydrogen (secondary N) is 1. The summed E-state index contributed by atoms with van der Waals surface area (Å²) in [7, 11) is 0. The second-order valence-electron chi connectivity index (χ2n) is 6.06. The summed E-state index contributed by atoms with van der Waals surface area (Å²) >= 11 is 6.36. The summed E-state index contributed by atoms with van der Waals surface area (Å²) in [4.78, 5) is 37.8. The number of furan rings is 1. The van der Waals surface area contributed by atoms with E-state index in [0.717, 1.165) is 17.8 Å². The first kappa shape index (κ1) is 21.3. The first-order valence-corrected chi connectivity index (χ1v) is 9.89. The van der Waals surface area contributed by atoms with Gasteiger partial charge in [0.25, 0.3) is 5.91 Å². The van der Waals surface area contributed by atoms with E-state index in [1.165, 1.54) is 17.0 Å². The first-order valence-electron chi connectivity index (χ1n) is 8.67. The van der Waals surface area contributed by atoms with Crippen LogP contribution in [-0.2, 0) is 9.59 Å². The normalized spacial score (nSPS) is 15.3. The number of amides is 2. The number of thiocarbonyl (C=S) groups is 1. The van der Waals surface area contributed by atoms with Crippen LogP contribution in [0.4, 0.5) is 5.69 Å². The number of rotatable bonds is 7. The standard InChI is InChI=1S/C20H16N2O6S2/c23-12-6-7-15(14(11-12)19(26)27)21-17(24)8-9-22-18(25)16(30-20(22)29)5-1-3-13-4-2-10-28-13/h1-7,10-11,23H,8-9H2,(H,21,24)(H,26,27)/b3-1+,16-5+. The molecule has 1 saturated heterocycles. The highest BCUT2D eigenvalue weighted by molar-refractivity contribution is 8.26. The minimum absolute atomic E-state index is 0.0518. The predicted octanol–water partition coefficient (Wildman–Crippen LogP) is 3.47. The van der Waals surface area contributed by atoms with E-state index in [-0.39, 0.29) is 35.9 Å². The molecule has 1 aromatic carbocycles. The number of phenolic OH excluding ortho intramolecular Hbond substituents is 1. The zero-order valence-corrected chi connectivity index (χ0v) is 17.0. The lowest BCUT2D eigenvalue weighted by atomic mass is 10.1. The molecule has 1 fully saturated rings. The van der Waals surface area contributed by atoms with Crippen LogP contribution in [0.25, 0.3) is 6.08 Å². The molecule has 0 spiro atoms. The number of hydrogen-bond acceptors (Lipinski definition) is 7. The highest BCUT2D eigenvalue weighted by Gasteiger charge is 2.31. The van der Waals surface area contributed by atoms with Crippen LogP contribution in [0.1, 0.15) is 22.5 Å². The van der Waals surface area contributed by atoms with Crippen LogP contribution in [-0.4, -0.2) is 43.8 Å². The van der Waals surface area contributed by atoms with E-state index in [1.807, 2.05) is 0 Å². The summed E-state index contributed by atoms with van der Waals surface area (Å²) < 4.78 is 5.51. The number of allylic oxidation sites excluding steroid dienone is 2. The molecule has 0 radical (unpaired) electrons. The fraction of sp³-hybridized carbons (Fsp3) is 0.100. The van der Waals surface area contributed by atoms with Gasteiger partial charge in [0, 0.05) is 13.0 Å². The Morgan fingerprint density at radius 1 is 1.30 bits per heavy atom. The number of carboxylic acids is 1. The third-order valence-corrected chi connectivity index (χ3v) is 5.39. The van der Waals surface area contributed by atoms with E-state index in [1.54, 1.807) is 36.6 Å². The van der Waals surface area contributed by atoms with Gasteiger partial charge >= 0.3 is 5.97 Å². The third kappa shape index (κ3) is 5.16. The van der Waals surface area contributed by atoms with Crippen LogP contribution >= 0.6 is 24.0 Å². The zero-order chi connectivity index (χ0) is 21.7. The van der Waals surface area contributed by atoms with Gasteiger partial charge in [-0.2, -0.15) is 0 Å². The third-order valence-electron chi connectivity index (χ3n) is 3.99. The molecule has 1 aromatic heterocycles. The molecule has 2 heterocycles. The highest BCUT2D eigenvalue weighted by Crippen LogP contribution is 2.31. The fourth-order valence-electron chi connectivity index (χ4n) is 2.57. The quantitative estimate of drug-likeness (QED) is 0.337. The second kappa shape index (κ2) is 9.42. The van der Waals surface area contributed by atoms with Gasteiger partial charge in [0.15, 0.2) is 0 Å². The van der Waals surface area contributed by atoms with Gasteiger partial charge in [0.2, 0.25) is 5.91 Å². The Kier molecular flexibility index (Phi) is 6.70. The Morgan fingerprint density at radius 3 is 2.80 bits per heavy atom. The van der Waals surface area contributed by atoms with Crippen molar-refractivity contribution >= 4 is 57.8 Å². The lowest BCUT2D eigenvalue weighted by Gasteiger charge is -2.14. The molecular formula is C20H16N2O6S2. The molecule has 1 aliphatic rings. The molecule has 0 atom stereocenters. The van der Waals surface area contributed by atoms with Crippen molar-refractivity contribution in [2.24, 2.45) is 0 Å². The molecule has 0 aliphatic carbocycles. The highest BCUT2D eigenvalue weighted by atomic mass is 32.2. The van der Waals surface area contributed by atoms with Crippen molar-refractivity contribution in [3.8, 4) is 5.75 Å². The van der Waals surface area contributed by atoms with Crippen LogP contribution in [0, 0.1) is 0 Å². The topological polar surface area (TPSA) is 120 Å². The zero-order valence-electron chi connectivity index (χ0n) is 15.4. The maximum absolute atomic E-state index is 12.5. The van der Waals surface area contributed by atoms with E-state index in [9.17, 15) is 24.6 Å². The molecule has 0 unspecified atom stereocenters. The van der Waals surface area contributed by atoms with E-state index in [4.69, 9.17) is 16.6 Å². The summed E-state index contributed by atoms with van der Waals surface area (Å²) in [6.45, 7) is 0.0518. The molecule has 2 aromatic rings. The molecule has 0 saturated carbocycles. The van der Waals surface area contributed by atoms with Crippen LogP contribution in [0.2, 0.25) is 0 Å². The number of carbonyl (C=O) groups excluding carboxylic acids is 2. The smallest absolute Gasteiger partial charge is 0.337 e. The fourth-order valence-corrected chi connectivity index (χ4v) is 3.83. The van der Waals surface area contributed by atoms with Crippen LogP contribution < -0.4 is 5.32 Å². The Hall–Kier alpha value is -3.37. The van der Waals surface area contributed by atoms with Crippen molar-refractivity contribution in [1.82, 2.24) is 4.90 Å². The van der Waals surface area contributed by atoms with Crippen molar-refractivity contribution in [1.29, 1.82) is 0 Å². The molecule has 10 heteroatoms. The summed E-state index contributed by atoms with van der Waals surface area (Å²) in [6, 6.07) is 7.14. The van der Waals surface area contributed by atoms with Crippen molar-refractivity contribution < 1.29 is 29.0 Å². The maximum Gasteiger partial charge on any atom is 0.337 e. The molecule has 30 heavy (non-hydrogen) atoms. The molecule has 0 bridgehead atoms. The van der Waals surface area contributed by atoms with Gasteiger partial charge in [0.1, 0.15) is 15.8 Å². The number of thioether (sulfide) groups is 1. The van der Waals surface area contributed by atoms with Crippen molar-refractivity contribution in [3.05, 3.63) is 65.0 Å². The van der Waals surface area contributed by atoms with Crippen LogP contribution in [0.15, 0.2) is 58.1 Å². The number of anilines is 1. The Labute approximate surface area is 180 Å². The van der Waals surface area contributed by atoms with Gasteiger partial charge < -0.3 is 19.9 Å². The molecule has 2 amide bonds. The first-order chi connectivity index (χ1) is 14.3. The Bertz CT molecular complexity index is 1060.